The first-order valence-electron chi connectivity index (χ1n) is 9.53. The van der Waals surface area contributed by atoms with Gasteiger partial charge in [-0.2, -0.15) is 18.3 Å². The van der Waals surface area contributed by atoms with E-state index in [9.17, 15) is 23.1 Å². The number of nitrogens with one attached hydrogen (secondary N) is 2. The van der Waals surface area contributed by atoms with E-state index in [1.807, 2.05) is 0 Å². The van der Waals surface area contributed by atoms with Gasteiger partial charge in [0.15, 0.2) is 11.4 Å². The Bertz CT molecular complexity index is 1100. The lowest BCUT2D eigenvalue weighted by Gasteiger charge is -2.26. The number of benzene rings is 1. The molecule has 160 valence electrons. The van der Waals surface area contributed by atoms with Gasteiger partial charge in [0.1, 0.15) is 5.39 Å². The summed E-state index contributed by atoms with van der Waals surface area (Å²) in [6, 6.07) is 6.93. The maximum absolute atomic E-state index is 13.0. The average molecular weight is 422 g/mol. The van der Waals surface area contributed by atoms with Crippen LogP contribution in [0.2, 0.25) is 0 Å². The molecule has 2 atom stereocenters. The van der Waals surface area contributed by atoms with Gasteiger partial charge in [0.25, 0.3) is 5.56 Å². The number of rotatable bonds is 4. The minimum atomic E-state index is -4.80. The molecule has 3 aromatic rings. The van der Waals surface area contributed by atoms with E-state index in [-0.39, 0.29) is 17.2 Å². The van der Waals surface area contributed by atoms with Crippen LogP contribution in [-0.2, 0) is 10.3 Å². The molecule has 1 saturated heterocycles. The van der Waals surface area contributed by atoms with E-state index < -0.39 is 11.8 Å². The third kappa shape index (κ3) is 3.56. The normalized spacial score (nSPS) is 19.6. The third-order valence-corrected chi connectivity index (χ3v) is 5.37. The molecular formula is C20H21F3N4O3. The van der Waals surface area contributed by atoms with E-state index in [0.717, 1.165) is 12.8 Å². The van der Waals surface area contributed by atoms with E-state index in [1.54, 1.807) is 16.9 Å². The fourth-order valence-corrected chi connectivity index (χ4v) is 3.56. The SMILES string of the molecule is CC(O)(c1ccc(Nc2nn(C3CCCOC3)c3cc[nH]c(=O)c23)cc1)C(F)(F)F. The van der Waals surface area contributed by atoms with Crippen LogP contribution in [0.15, 0.2) is 41.3 Å². The Morgan fingerprint density at radius 2 is 2.00 bits per heavy atom. The maximum Gasteiger partial charge on any atom is 0.421 e. The van der Waals surface area contributed by atoms with Crippen molar-refractivity contribution < 1.29 is 23.0 Å². The van der Waals surface area contributed by atoms with Gasteiger partial charge in [-0.1, -0.05) is 12.1 Å². The van der Waals surface area contributed by atoms with E-state index in [4.69, 9.17) is 4.74 Å². The number of alkyl halides is 3. The van der Waals surface area contributed by atoms with E-state index >= 15 is 0 Å². The molecule has 0 saturated carbocycles. The van der Waals surface area contributed by atoms with Crippen molar-refractivity contribution in [2.24, 2.45) is 0 Å². The number of ether oxygens (including phenoxy) is 1. The Morgan fingerprint density at radius 3 is 2.63 bits per heavy atom. The standard InChI is InChI=1S/C20H21F3N4O3/c1-19(29,20(21,22)23)12-4-6-13(7-5-12)25-17-16-15(8-9-24-18(16)28)27(26-17)14-3-2-10-30-11-14/h4-9,14,29H,2-3,10-11H2,1H3,(H,24,28)(H,25,26). The number of hydrogen-bond donors (Lipinski definition) is 3. The molecule has 0 aliphatic carbocycles. The highest BCUT2D eigenvalue weighted by Crippen LogP contribution is 2.39. The van der Waals surface area contributed by atoms with Crippen LogP contribution in [-0.4, -0.2) is 39.3 Å². The molecule has 10 heteroatoms. The molecule has 0 spiro atoms. The smallest absolute Gasteiger partial charge is 0.379 e. The molecule has 1 aliphatic rings. The summed E-state index contributed by atoms with van der Waals surface area (Å²) in [4.78, 5) is 15.1. The van der Waals surface area contributed by atoms with Gasteiger partial charge in [0, 0.05) is 18.5 Å². The van der Waals surface area contributed by atoms with E-state index in [1.165, 1.54) is 24.3 Å². The molecule has 1 fully saturated rings. The molecule has 2 unspecified atom stereocenters. The zero-order valence-electron chi connectivity index (χ0n) is 16.2. The van der Waals surface area contributed by atoms with Crippen LogP contribution in [0.4, 0.5) is 24.7 Å². The lowest BCUT2D eigenvalue weighted by molar-refractivity contribution is -0.258. The summed E-state index contributed by atoms with van der Waals surface area (Å²) in [5, 5.41) is 17.7. The summed E-state index contributed by atoms with van der Waals surface area (Å²) in [5.41, 5.74) is -2.49. The number of anilines is 2. The molecule has 0 radical (unpaired) electrons. The van der Waals surface area contributed by atoms with Crippen molar-refractivity contribution in [2.45, 2.75) is 37.6 Å². The van der Waals surface area contributed by atoms with Crippen molar-refractivity contribution in [1.82, 2.24) is 14.8 Å². The zero-order valence-corrected chi connectivity index (χ0v) is 16.2. The number of aromatic nitrogens is 3. The number of nitrogens with zero attached hydrogens (tertiary/aromatic N) is 2. The number of pyridine rings is 1. The molecule has 3 heterocycles. The van der Waals surface area contributed by atoms with E-state index in [2.05, 4.69) is 15.4 Å². The van der Waals surface area contributed by atoms with Gasteiger partial charge in [-0.3, -0.25) is 9.48 Å². The first-order valence-corrected chi connectivity index (χ1v) is 9.53. The molecular weight excluding hydrogens is 401 g/mol. The van der Waals surface area contributed by atoms with Crippen molar-refractivity contribution in [2.75, 3.05) is 18.5 Å². The minimum absolute atomic E-state index is 0.0112. The molecule has 4 rings (SSSR count). The molecule has 3 N–H and O–H groups in total. The van der Waals surface area contributed by atoms with Crippen LogP contribution >= 0.6 is 0 Å². The molecule has 0 bridgehead atoms. The van der Waals surface area contributed by atoms with Gasteiger partial charge in [-0.25, -0.2) is 0 Å². The quantitative estimate of drug-likeness (QED) is 0.598. The third-order valence-electron chi connectivity index (χ3n) is 5.37. The Morgan fingerprint density at radius 1 is 1.27 bits per heavy atom. The first kappa shape index (κ1) is 20.4. The van der Waals surface area contributed by atoms with E-state index in [0.29, 0.717) is 42.5 Å². The van der Waals surface area contributed by atoms with Crippen LogP contribution < -0.4 is 10.9 Å². The van der Waals surface area contributed by atoms with Crippen molar-refractivity contribution in [3.63, 3.8) is 0 Å². The highest BCUT2D eigenvalue weighted by atomic mass is 19.4. The van der Waals surface area contributed by atoms with Gasteiger partial charge >= 0.3 is 6.18 Å². The van der Waals surface area contributed by atoms with Crippen molar-refractivity contribution in [1.29, 1.82) is 0 Å². The monoisotopic (exact) mass is 422 g/mol. The summed E-state index contributed by atoms with van der Waals surface area (Å²) in [6.07, 6.45) is -1.50. The lowest BCUT2D eigenvalue weighted by atomic mass is 9.95. The second-order valence-electron chi connectivity index (χ2n) is 7.50. The lowest BCUT2D eigenvalue weighted by Crippen LogP contribution is -2.39. The van der Waals surface area contributed by atoms with Gasteiger partial charge < -0.3 is 20.1 Å². The van der Waals surface area contributed by atoms with Crippen LogP contribution in [0.3, 0.4) is 0 Å². The van der Waals surface area contributed by atoms with Crippen LogP contribution in [0.25, 0.3) is 10.9 Å². The second-order valence-corrected chi connectivity index (χ2v) is 7.50. The number of fused-ring (bicyclic) bond motifs is 1. The molecule has 1 aliphatic heterocycles. The Labute approximate surface area is 169 Å². The Kier molecular flexibility index (Phi) is 5.07. The topological polar surface area (TPSA) is 92.2 Å². The molecule has 2 aromatic heterocycles. The predicted octanol–water partition coefficient (Wildman–Crippen LogP) is 3.59. The summed E-state index contributed by atoms with van der Waals surface area (Å²) in [6.45, 7) is 1.89. The summed E-state index contributed by atoms with van der Waals surface area (Å²) in [7, 11) is 0. The molecule has 0 amide bonds. The first-order chi connectivity index (χ1) is 14.2. The summed E-state index contributed by atoms with van der Waals surface area (Å²) >= 11 is 0. The number of halogens is 3. The number of aliphatic hydroxyl groups is 1. The molecule has 1 aromatic carbocycles. The van der Waals surface area contributed by atoms with Crippen LogP contribution in [0.1, 0.15) is 31.4 Å². The fraction of sp³-hybridized carbons (Fsp3) is 0.400. The fourth-order valence-electron chi connectivity index (χ4n) is 3.56. The average Bonchev–Trinajstić information content (AvgIpc) is 3.08. The Balaban J connectivity index is 1.68. The molecule has 7 nitrogen and oxygen atoms in total. The minimum Gasteiger partial charge on any atom is -0.379 e. The predicted molar refractivity (Wildman–Crippen MR) is 105 cm³/mol. The summed E-state index contributed by atoms with van der Waals surface area (Å²) in [5.74, 6) is 0.299. The zero-order chi connectivity index (χ0) is 21.5. The second kappa shape index (κ2) is 7.44. The number of aromatic amines is 1. The number of H-pyrrole nitrogens is 1. The van der Waals surface area contributed by atoms with Crippen LogP contribution in [0.5, 0.6) is 0 Å². The largest absolute Gasteiger partial charge is 0.421 e. The molecule has 30 heavy (non-hydrogen) atoms. The number of hydrogen-bond acceptors (Lipinski definition) is 5. The van der Waals surface area contributed by atoms with Crippen molar-refractivity contribution >= 4 is 22.4 Å². The summed E-state index contributed by atoms with van der Waals surface area (Å²) < 4.78 is 46.4. The van der Waals surface area contributed by atoms with Gasteiger partial charge in [0.2, 0.25) is 0 Å². The maximum atomic E-state index is 13.0. The Hall–Kier alpha value is -2.85. The van der Waals surface area contributed by atoms with Crippen molar-refractivity contribution in [3.05, 3.63) is 52.4 Å². The highest BCUT2D eigenvalue weighted by molar-refractivity contribution is 5.91. The van der Waals surface area contributed by atoms with Gasteiger partial charge in [0.05, 0.1) is 18.2 Å². The van der Waals surface area contributed by atoms with Crippen LogP contribution in [0, 0.1) is 0 Å². The van der Waals surface area contributed by atoms with Gasteiger partial charge in [-0.15, -0.1) is 0 Å². The van der Waals surface area contributed by atoms with Crippen molar-refractivity contribution in [3.8, 4) is 0 Å². The highest BCUT2D eigenvalue weighted by Gasteiger charge is 2.51. The van der Waals surface area contributed by atoms with Gasteiger partial charge in [-0.05, 0) is 43.5 Å².